The van der Waals surface area contributed by atoms with Crippen LogP contribution in [0.4, 0.5) is 14.5 Å². The van der Waals surface area contributed by atoms with Gasteiger partial charge in [0.1, 0.15) is 30.7 Å². The zero-order valence-corrected chi connectivity index (χ0v) is 21.3. The smallest absolute Gasteiger partial charge is 0.276 e. The summed E-state index contributed by atoms with van der Waals surface area (Å²) in [7, 11) is 1.51. The Morgan fingerprint density at radius 3 is 2.60 bits per heavy atom. The summed E-state index contributed by atoms with van der Waals surface area (Å²) in [5, 5.41) is 7.28. The molecule has 2 aromatic heterocycles. The quantitative estimate of drug-likeness (QED) is 0.309. The molecule has 12 heteroatoms. The van der Waals surface area contributed by atoms with Crippen LogP contribution >= 0.6 is 0 Å². The van der Waals surface area contributed by atoms with Gasteiger partial charge in [-0.05, 0) is 48.9 Å². The van der Waals surface area contributed by atoms with Crippen LogP contribution in [0.25, 0.3) is 16.6 Å². The summed E-state index contributed by atoms with van der Waals surface area (Å²) < 4.78 is 52.7. The van der Waals surface area contributed by atoms with Gasteiger partial charge in [-0.3, -0.25) is 4.79 Å². The Bertz CT molecular complexity index is 1770. The van der Waals surface area contributed by atoms with Crippen LogP contribution < -0.4 is 24.3 Å². The van der Waals surface area contributed by atoms with Crippen molar-refractivity contribution in [3.8, 4) is 34.6 Å². The van der Waals surface area contributed by atoms with Crippen LogP contribution in [0.5, 0.6) is 28.9 Å². The third kappa shape index (κ3) is 4.59. The van der Waals surface area contributed by atoms with E-state index in [1.54, 1.807) is 25.3 Å². The molecule has 202 valence electrons. The van der Waals surface area contributed by atoms with Crippen molar-refractivity contribution in [1.82, 2.24) is 19.7 Å². The molecule has 1 aliphatic rings. The maximum Gasteiger partial charge on any atom is 0.276 e. The molecule has 1 N–H and O–H groups in total. The number of carbonyl (C=O) groups excluding carboxylic acids is 1. The summed E-state index contributed by atoms with van der Waals surface area (Å²) in [6.45, 7) is 2.38. The van der Waals surface area contributed by atoms with E-state index in [9.17, 15) is 9.18 Å². The molecule has 0 fully saturated rings. The molecule has 0 spiro atoms. The van der Waals surface area contributed by atoms with Gasteiger partial charge in [-0.25, -0.2) is 23.4 Å². The van der Waals surface area contributed by atoms with E-state index in [1.807, 2.05) is 0 Å². The average Bonchev–Trinajstić information content (AvgIpc) is 3.44. The Labute approximate surface area is 226 Å². The standard InChI is InChI=1S/C28H21F2N5O5/c1-15-11-16(29)3-5-21(15)35-8-7-19(34-35)27(36)33-17-4-6-22(18(30)12-17)40-28-24-20(31-14-32-28)13-23(37-2)25-26(24)39-10-9-38-25/h3-8,11-14H,9-10H2,1-2H3,(H,33,36). The molecule has 6 rings (SSSR count). The van der Waals surface area contributed by atoms with Crippen LogP contribution in [-0.4, -0.2) is 46.0 Å². The maximum atomic E-state index is 15.1. The minimum atomic E-state index is -0.739. The number of anilines is 1. The topological polar surface area (TPSA) is 110 Å². The van der Waals surface area contributed by atoms with Crippen LogP contribution in [0.3, 0.4) is 0 Å². The normalized spacial score (nSPS) is 12.3. The fourth-order valence-corrected chi connectivity index (χ4v) is 4.33. The third-order valence-electron chi connectivity index (χ3n) is 6.19. The minimum absolute atomic E-state index is 0.0618. The lowest BCUT2D eigenvalue weighted by Gasteiger charge is -2.22. The molecule has 0 radical (unpaired) electrons. The van der Waals surface area contributed by atoms with E-state index >= 15 is 4.39 Å². The number of halogens is 2. The number of amides is 1. The molecule has 10 nitrogen and oxygen atoms in total. The molecule has 3 heterocycles. The minimum Gasteiger partial charge on any atom is -0.493 e. The molecule has 0 saturated heterocycles. The summed E-state index contributed by atoms with van der Waals surface area (Å²) in [6, 6.07) is 11.4. The molecule has 1 aliphatic heterocycles. The summed E-state index contributed by atoms with van der Waals surface area (Å²) in [6.07, 6.45) is 2.87. The molecule has 1 amide bonds. The van der Waals surface area contributed by atoms with E-state index in [2.05, 4.69) is 20.4 Å². The number of rotatable bonds is 6. The second kappa shape index (κ2) is 10.1. The van der Waals surface area contributed by atoms with Crippen LogP contribution in [0.15, 0.2) is 61.1 Å². The molecule has 0 saturated carbocycles. The van der Waals surface area contributed by atoms with Gasteiger partial charge in [0.2, 0.25) is 11.6 Å². The summed E-state index contributed by atoms with van der Waals surface area (Å²) in [4.78, 5) is 21.2. The fraction of sp³-hybridized carbons (Fsp3) is 0.143. The second-order valence-electron chi connectivity index (χ2n) is 8.78. The van der Waals surface area contributed by atoms with E-state index in [-0.39, 0.29) is 28.8 Å². The Morgan fingerprint density at radius 1 is 1.00 bits per heavy atom. The van der Waals surface area contributed by atoms with E-state index in [1.165, 1.54) is 48.5 Å². The average molecular weight is 546 g/mol. The lowest BCUT2D eigenvalue weighted by molar-refractivity contribution is 0.102. The molecule has 5 aromatic rings. The van der Waals surface area contributed by atoms with Gasteiger partial charge in [0, 0.05) is 24.0 Å². The third-order valence-corrected chi connectivity index (χ3v) is 6.19. The number of nitrogens with zero attached hydrogens (tertiary/aromatic N) is 4. The molecule has 0 atom stereocenters. The maximum absolute atomic E-state index is 15.1. The van der Waals surface area contributed by atoms with Crippen molar-refractivity contribution < 1.29 is 32.5 Å². The Kier molecular flexibility index (Phi) is 6.34. The highest BCUT2D eigenvalue weighted by molar-refractivity contribution is 6.02. The molecule has 0 unspecified atom stereocenters. The molecule has 0 bridgehead atoms. The Hall–Kier alpha value is -5.26. The molecular weight excluding hydrogens is 524 g/mol. The van der Waals surface area contributed by atoms with Crippen molar-refractivity contribution in [2.45, 2.75) is 6.92 Å². The van der Waals surface area contributed by atoms with Gasteiger partial charge in [-0.15, -0.1) is 0 Å². The number of ether oxygens (including phenoxy) is 4. The number of fused-ring (bicyclic) bond motifs is 3. The SMILES string of the molecule is COc1cc2ncnc(Oc3ccc(NC(=O)c4ccn(-c5ccc(F)cc5C)n4)cc3F)c2c2c1OCCO2. The van der Waals surface area contributed by atoms with E-state index in [0.717, 1.165) is 6.07 Å². The fourth-order valence-electron chi connectivity index (χ4n) is 4.33. The number of benzene rings is 3. The van der Waals surface area contributed by atoms with E-state index in [4.69, 9.17) is 18.9 Å². The first-order chi connectivity index (χ1) is 19.4. The van der Waals surface area contributed by atoms with Crippen LogP contribution in [0, 0.1) is 18.6 Å². The number of aromatic nitrogens is 4. The number of hydrogen-bond acceptors (Lipinski definition) is 8. The Morgan fingerprint density at radius 2 is 1.82 bits per heavy atom. The Balaban J connectivity index is 1.23. The van der Waals surface area contributed by atoms with Crippen LogP contribution in [-0.2, 0) is 0 Å². The van der Waals surface area contributed by atoms with Crippen LogP contribution in [0.1, 0.15) is 16.1 Å². The van der Waals surface area contributed by atoms with E-state index < -0.39 is 11.7 Å². The molecule has 0 aliphatic carbocycles. The van der Waals surface area contributed by atoms with Gasteiger partial charge in [-0.1, -0.05) is 0 Å². The van der Waals surface area contributed by atoms with Crippen molar-refractivity contribution in [2.24, 2.45) is 0 Å². The van der Waals surface area contributed by atoms with Crippen molar-refractivity contribution in [1.29, 1.82) is 0 Å². The monoisotopic (exact) mass is 545 g/mol. The van der Waals surface area contributed by atoms with Crippen molar-refractivity contribution in [2.75, 3.05) is 25.6 Å². The largest absolute Gasteiger partial charge is 0.493 e. The molecule has 3 aromatic carbocycles. The summed E-state index contributed by atoms with van der Waals surface area (Å²) in [5.41, 5.74) is 2.03. The molecular formula is C28H21F2N5O5. The van der Waals surface area contributed by atoms with Gasteiger partial charge in [0.25, 0.3) is 5.91 Å². The van der Waals surface area contributed by atoms with Crippen molar-refractivity contribution in [3.05, 3.63) is 83.9 Å². The molecule has 40 heavy (non-hydrogen) atoms. The zero-order chi connectivity index (χ0) is 27.8. The summed E-state index contributed by atoms with van der Waals surface area (Å²) >= 11 is 0. The van der Waals surface area contributed by atoms with Gasteiger partial charge >= 0.3 is 0 Å². The highest BCUT2D eigenvalue weighted by atomic mass is 19.1. The van der Waals surface area contributed by atoms with Gasteiger partial charge < -0.3 is 24.3 Å². The first-order valence-corrected chi connectivity index (χ1v) is 12.1. The van der Waals surface area contributed by atoms with Gasteiger partial charge in [0.15, 0.2) is 28.8 Å². The number of aryl methyl sites for hydroxylation is 1. The van der Waals surface area contributed by atoms with Gasteiger partial charge in [0.05, 0.1) is 18.3 Å². The lowest BCUT2D eigenvalue weighted by atomic mass is 10.1. The number of hydrogen-bond donors (Lipinski definition) is 1. The zero-order valence-electron chi connectivity index (χ0n) is 21.3. The number of nitrogens with one attached hydrogen (secondary N) is 1. The summed E-state index contributed by atoms with van der Waals surface area (Å²) in [5.74, 6) is -0.552. The highest BCUT2D eigenvalue weighted by Crippen LogP contribution is 2.47. The van der Waals surface area contributed by atoms with Crippen LogP contribution in [0.2, 0.25) is 0 Å². The van der Waals surface area contributed by atoms with E-state index in [0.29, 0.717) is 52.6 Å². The first-order valence-electron chi connectivity index (χ1n) is 12.1. The predicted octanol–water partition coefficient (Wildman–Crippen LogP) is 5.23. The van der Waals surface area contributed by atoms with Crippen molar-refractivity contribution >= 4 is 22.5 Å². The first kappa shape index (κ1) is 25.0. The highest BCUT2D eigenvalue weighted by Gasteiger charge is 2.25. The number of methoxy groups -OCH3 is 1. The predicted molar refractivity (Wildman–Crippen MR) is 140 cm³/mol. The lowest BCUT2D eigenvalue weighted by Crippen LogP contribution is -2.16. The number of carbonyl (C=O) groups is 1. The van der Waals surface area contributed by atoms with Crippen molar-refractivity contribution in [3.63, 3.8) is 0 Å². The van der Waals surface area contributed by atoms with Gasteiger partial charge in [-0.2, -0.15) is 5.10 Å². The second-order valence-corrected chi connectivity index (χ2v) is 8.78.